The molecule has 2 atom stereocenters. The highest BCUT2D eigenvalue weighted by Crippen LogP contribution is 2.19. The number of aryl methyl sites for hydroxylation is 2. The molecule has 0 fully saturated rings. The van der Waals surface area contributed by atoms with Gasteiger partial charge in [0.15, 0.2) is 0 Å². The van der Waals surface area contributed by atoms with Crippen LogP contribution in [0.5, 0.6) is 11.5 Å². The number of nitrogens with zero attached hydrogens (tertiary/aromatic N) is 1. The van der Waals surface area contributed by atoms with Crippen molar-refractivity contribution >= 4 is 17.7 Å². The maximum atomic E-state index is 12.9. The molecule has 3 amide bonds. The molecule has 3 rings (SSSR count). The topological polar surface area (TPSA) is 109 Å². The second-order valence-corrected chi connectivity index (χ2v) is 9.72. The normalized spacial score (nSPS) is 18.5. The van der Waals surface area contributed by atoms with Crippen LogP contribution in [0.1, 0.15) is 37.8 Å². The van der Waals surface area contributed by atoms with E-state index in [4.69, 9.17) is 9.47 Å². The van der Waals surface area contributed by atoms with Crippen LogP contribution in [0.2, 0.25) is 0 Å². The van der Waals surface area contributed by atoms with E-state index in [2.05, 4.69) is 22.9 Å². The van der Waals surface area contributed by atoms with Gasteiger partial charge in [-0.2, -0.15) is 0 Å². The maximum Gasteiger partial charge on any atom is 0.240 e. The molecule has 0 bridgehead atoms. The summed E-state index contributed by atoms with van der Waals surface area (Å²) in [6.45, 7) is 7.36. The SMILES string of the molecule is CCC(C)C1NCCOc2ccccc2CCCNC(=O)CNC(=O)CN(C)C1=O.COc1ccc(C)cc1. The molecule has 0 aliphatic carbocycles. The van der Waals surface area contributed by atoms with E-state index in [9.17, 15) is 14.4 Å². The summed E-state index contributed by atoms with van der Waals surface area (Å²) in [5, 5.41) is 8.67. The van der Waals surface area contributed by atoms with Crippen LogP contribution in [-0.2, 0) is 20.8 Å². The Kier molecular flexibility index (Phi) is 13.9. The first kappa shape index (κ1) is 31.6. The Morgan fingerprint density at radius 1 is 1.03 bits per heavy atom. The van der Waals surface area contributed by atoms with Gasteiger partial charge in [0, 0.05) is 20.1 Å². The Hall–Kier alpha value is -3.59. The van der Waals surface area contributed by atoms with E-state index in [-0.39, 0.29) is 36.7 Å². The highest BCUT2D eigenvalue weighted by molar-refractivity contribution is 5.89. The summed E-state index contributed by atoms with van der Waals surface area (Å²) in [5.41, 5.74) is 2.34. The number of para-hydroxylation sites is 1. The van der Waals surface area contributed by atoms with Crippen molar-refractivity contribution < 1.29 is 23.9 Å². The predicted octanol–water partition coefficient (Wildman–Crippen LogP) is 2.71. The Morgan fingerprint density at radius 3 is 2.44 bits per heavy atom. The number of likely N-dealkylation sites (N-methyl/N-ethyl adjacent to an activating group) is 1. The largest absolute Gasteiger partial charge is 0.497 e. The summed E-state index contributed by atoms with van der Waals surface area (Å²) in [6, 6.07) is 15.4. The number of carbonyl (C=O) groups is 3. The Morgan fingerprint density at radius 2 is 1.74 bits per heavy atom. The van der Waals surface area contributed by atoms with E-state index in [1.54, 1.807) is 14.2 Å². The minimum atomic E-state index is -0.408. The van der Waals surface area contributed by atoms with Crippen molar-refractivity contribution in [1.82, 2.24) is 20.9 Å². The first-order valence-electron chi connectivity index (χ1n) is 13.6. The van der Waals surface area contributed by atoms with Crippen molar-refractivity contribution in [2.75, 3.05) is 46.9 Å². The van der Waals surface area contributed by atoms with Gasteiger partial charge in [0.05, 0.1) is 26.2 Å². The van der Waals surface area contributed by atoms with Gasteiger partial charge in [-0.1, -0.05) is 56.2 Å². The van der Waals surface area contributed by atoms with E-state index in [1.807, 2.05) is 62.4 Å². The number of hydrogen-bond acceptors (Lipinski definition) is 6. The number of benzene rings is 2. The molecule has 9 nitrogen and oxygen atoms in total. The van der Waals surface area contributed by atoms with Gasteiger partial charge in [-0.3, -0.25) is 14.4 Å². The second kappa shape index (κ2) is 17.1. The van der Waals surface area contributed by atoms with E-state index < -0.39 is 6.04 Å². The van der Waals surface area contributed by atoms with Gasteiger partial charge in [0.2, 0.25) is 17.7 Å². The van der Waals surface area contributed by atoms with Gasteiger partial charge in [-0.15, -0.1) is 0 Å². The van der Waals surface area contributed by atoms with Crippen LogP contribution in [0.15, 0.2) is 48.5 Å². The van der Waals surface area contributed by atoms with Crippen LogP contribution in [0.3, 0.4) is 0 Å². The molecule has 2 unspecified atom stereocenters. The summed E-state index contributed by atoms with van der Waals surface area (Å²) in [4.78, 5) is 38.4. The first-order valence-corrected chi connectivity index (χ1v) is 13.6. The van der Waals surface area contributed by atoms with Crippen LogP contribution >= 0.6 is 0 Å². The molecule has 0 radical (unpaired) electrons. The average Bonchev–Trinajstić information content (AvgIpc) is 2.94. The quantitative estimate of drug-likeness (QED) is 0.553. The molecule has 0 saturated carbocycles. The number of carbonyl (C=O) groups excluding carboxylic acids is 3. The molecule has 0 aromatic heterocycles. The number of fused-ring (bicyclic) bond motifs is 1. The fourth-order valence-corrected chi connectivity index (χ4v) is 4.00. The number of methoxy groups -OCH3 is 1. The Labute approximate surface area is 232 Å². The molecule has 0 spiro atoms. The van der Waals surface area contributed by atoms with Gasteiger partial charge in [0.1, 0.15) is 18.1 Å². The molecule has 2 aromatic carbocycles. The van der Waals surface area contributed by atoms with Crippen LogP contribution < -0.4 is 25.4 Å². The van der Waals surface area contributed by atoms with Crippen molar-refractivity contribution in [2.24, 2.45) is 5.92 Å². The van der Waals surface area contributed by atoms with Crippen LogP contribution in [0.25, 0.3) is 0 Å². The smallest absolute Gasteiger partial charge is 0.240 e. The Balaban J connectivity index is 0.000000499. The number of hydrogen-bond donors (Lipinski definition) is 3. The summed E-state index contributed by atoms with van der Waals surface area (Å²) in [7, 11) is 3.27. The van der Waals surface area contributed by atoms with E-state index in [1.165, 1.54) is 10.5 Å². The summed E-state index contributed by atoms with van der Waals surface area (Å²) < 4.78 is 10.9. The lowest BCUT2D eigenvalue weighted by Crippen LogP contribution is -2.52. The summed E-state index contributed by atoms with van der Waals surface area (Å²) >= 11 is 0. The van der Waals surface area contributed by atoms with Gasteiger partial charge in [-0.05, 0) is 49.4 Å². The monoisotopic (exact) mass is 540 g/mol. The molecule has 3 N–H and O–H groups in total. The standard InChI is InChI=1S/C22H34N4O4.C8H10O/c1-4-16(2)21-22(29)26(3)15-20(28)25-14-19(27)23-11-7-9-17-8-5-6-10-18(17)30-13-12-24-21;1-7-3-5-8(9-2)6-4-7/h5-6,8,10,16,21,24H,4,7,9,11-15H2,1-3H3,(H,23,27)(H,25,28);3-6H,1-2H3. The van der Waals surface area contributed by atoms with E-state index in [0.29, 0.717) is 19.7 Å². The highest BCUT2D eigenvalue weighted by Gasteiger charge is 2.27. The molecule has 2 aromatic rings. The first-order chi connectivity index (χ1) is 18.7. The molecule has 1 heterocycles. The predicted molar refractivity (Wildman–Crippen MR) is 153 cm³/mol. The highest BCUT2D eigenvalue weighted by atomic mass is 16.5. The van der Waals surface area contributed by atoms with Gasteiger partial charge < -0.3 is 30.3 Å². The third-order valence-corrected chi connectivity index (χ3v) is 6.58. The number of ether oxygens (including phenoxy) is 2. The van der Waals surface area contributed by atoms with E-state index >= 15 is 0 Å². The van der Waals surface area contributed by atoms with Gasteiger partial charge in [-0.25, -0.2) is 0 Å². The van der Waals surface area contributed by atoms with Crippen LogP contribution in [-0.4, -0.2) is 75.6 Å². The minimum Gasteiger partial charge on any atom is -0.497 e. The molecule has 1 aliphatic heterocycles. The number of rotatable bonds is 3. The lowest BCUT2D eigenvalue weighted by molar-refractivity contribution is -0.137. The summed E-state index contributed by atoms with van der Waals surface area (Å²) in [6.07, 6.45) is 2.37. The van der Waals surface area contributed by atoms with Crippen molar-refractivity contribution in [3.63, 3.8) is 0 Å². The average molecular weight is 541 g/mol. The lowest BCUT2D eigenvalue weighted by Gasteiger charge is -2.28. The zero-order chi connectivity index (χ0) is 28.6. The third kappa shape index (κ3) is 11.4. The van der Waals surface area contributed by atoms with Crippen molar-refractivity contribution in [3.05, 3.63) is 59.7 Å². The number of amides is 3. The maximum absolute atomic E-state index is 12.9. The molecule has 9 heteroatoms. The molecule has 0 saturated heterocycles. The van der Waals surface area contributed by atoms with Crippen LogP contribution in [0, 0.1) is 12.8 Å². The second-order valence-electron chi connectivity index (χ2n) is 9.72. The number of nitrogens with one attached hydrogen (secondary N) is 3. The zero-order valence-electron chi connectivity index (χ0n) is 23.9. The van der Waals surface area contributed by atoms with Gasteiger partial charge in [0.25, 0.3) is 0 Å². The lowest BCUT2D eigenvalue weighted by atomic mass is 9.98. The molecular weight excluding hydrogens is 496 g/mol. The fourth-order valence-electron chi connectivity index (χ4n) is 4.00. The van der Waals surface area contributed by atoms with Crippen molar-refractivity contribution in [1.29, 1.82) is 0 Å². The summed E-state index contributed by atoms with van der Waals surface area (Å²) in [5.74, 6) is 1.09. The van der Waals surface area contributed by atoms with Crippen LogP contribution in [0.4, 0.5) is 0 Å². The third-order valence-electron chi connectivity index (χ3n) is 6.58. The molecule has 1 aliphatic rings. The zero-order valence-corrected chi connectivity index (χ0v) is 23.9. The molecule has 39 heavy (non-hydrogen) atoms. The Bertz CT molecular complexity index is 1040. The fraction of sp³-hybridized carbons (Fsp3) is 0.500. The molecular formula is C30H44N4O5. The van der Waals surface area contributed by atoms with Gasteiger partial charge >= 0.3 is 0 Å². The van der Waals surface area contributed by atoms with E-state index in [0.717, 1.165) is 36.3 Å². The van der Waals surface area contributed by atoms with Crippen molar-refractivity contribution in [3.8, 4) is 11.5 Å². The molecule has 214 valence electrons. The minimum absolute atomic E-state index is 0.0927. The van der Waals surface area contributed by atoms with Crippen molar-refractivity contribution in [2.45, 2.75) is 46.1 Å².